The van der Waals surface area contributed by atoms with Crippen molar-refractivity contribution in [3.8, 4) is 0 Å². The number of anilines is 2. The van der Waals surface area contributed by atoms with Crippen LogP contribution < -0.4 is 11.1 Å². The number of aromatic nitrogens is 1. The summed E-state index contributed by atoms with van der Waals surface area (Å²) in [5, 5.41) is 2.80. The van der Waals surface area contributed by atoms with E-state index in [2.05, 4.69) is 10.3 Å². The molecule has 3 aromatic rings. The van der Waals surface area contributed by atoms with Crippen LogP contribution in [-0.2, 0) is 0 Å². The van der Waals surface area contributed by atoms with Gasteiger partial charge in [-0.2, -0.15) is 0 Å². The minimum atomic E-state index is -0.173. The molecule has 0 aliphatic rings. The summed E-state index contributed by atoms with van der Waals surface area (Å²) in [5.74, 6) is -0.173. The lowest BCUT2D eigenvalue weighted by Crippen LogP contribution is -2.12. The topological polar surface area (TPSA) is 68.0 Å². The second-order valence-electron chi connectivity index (χ2n) is 4.08. The molecule has 3 N–H and O–H groups in total. The van der Waals surface area contributed by atoms with Crippen LogP contribution in [0.3, 0.4) is 0 Å². The summed E-state index contributed by atoms with van der Waals surface area (Å²) in [5.41, 5.74) is 10.2. The van der Waals surface area contributed by atoms with Crippen molar-refractivity contribution in [3.05, 3.63) is 53.5 Å². The molecule has 1 heterocycles. The van der Waals surface area contributed by atoms with Gasteiger partial charge in [0.2, 0.25) is 0 Å². The van der Waals surface area contributed by atoms with Gasteiger partial charge in [-0.05, 0) is 30.3 Å². The molecule has 94 valence electrons. The summed E-state index contributed by atoms with van der Waals surface area (Å²) in [6.07, 6.45) is 0. The number of hydrogen-bond acceptors (Lipinski definition) is 4. The zero-order valence-corrected chi connectivity index (χ0v) is 10.8. The quantitative estimate of drug-likeness (QED) is 0.702. The zero-order chi connectivity index (χ0) is 13.2. The third kappa shape index (κ3) is 2.28. The average Bonchev–Trinajstić information content (AvgIpc) is 2.88. The highest BCUT2D eigenvalue weighted by atomic mass is 32.1. The van der Waals surface area contributed by atoms with Gasteiger partial charge < -0.3 is 11.1 Å². The number of fused-ring (bicyclic) bond motifs is 1. The van der Waals surface area contributed by atoms with E-state index < -0.39 is 0 Å². The van der Waals surface area contributed by atoms with Gasteiger partial charge in [0.05, 0.1) is 27.1 Å². The van der Waals surface area contributed by atoms with Crippen LogP contribution >= 0.6 is 11.3 Å². The monoisotopic (exact) mass is 269 g/mol. The van der Waals surface area contributed by atoms with Crippen LogP contribution in [0.15, 0.2) is 48.0 Å². The largest absolute Gasteiger partial charge is 0.397 e. The van der Waals surface area contributed by atoms with Crippen LogP contribution in [0.4, 0.5) is 11.4 Å². The van der Waals surface area contributed by atoms with Crippen LogP contribution in [0.25, 0.3) is 10.2 Å². The van der Waals surface area contributed by atoms with Crippen molar-refractivity contribution < 1.29 is 4.79 Å². The Morgan fingerprint density at radius 2 is 2.05 bits per heavy atom. The molecule has 0 spiro atoms. The van der Waals surface area contributed by atoms with Crippen LogP contribution in [-0.4, -0.2) is 10.9 Å². The van der Waals surface area contributed by atoms with E-state index in [9.17, 15) is 4.79 Å². The van der Waals surface area contributed by atoms with Gasteiger partial charge >= 0.3 is 0 Å². The molecule has 0 fully saturated rings. The first kappa shape index (κ1) is 11.7. The molecule has 3 rings (SSSR count). The predicted molar refractivity (Wildman–Crippen MR) is 78.4 cm³/mol. The Kier molecular flexibility index (Phi) is 2.89. The van der Waals surface area contributed by atoms with E-state index in [1.807, 2.05) is 24.3 Å². The van der Waals surface area contributed by atoms with Crippen molar-refractivity contribution >= 4 is 38.8 Å². The standard InChI is InChI=1S/C14H11N3OS/c15-10-3-1-2-4-11(10)17-14(18)9-5-6-12-13(7-9)19-8-16-12/h1-8H,15H2,(H,17,18). The molecular formula is C14H11N3OS. The molecule has 5 heteroatoms. The highest BCUT2D eigenvalue weighted by Crippen LogP contribution is 2.21. The molecule has 0 unspecified atom stereocenters. The van der Waals surface area contributed by atoms with E-state index in [0.717, 1.165) is 10.2 Å². The predicted octanol–water partition coefficient (Wildman–Crippen LogP) is 3.13. The third-order valence-electron chi connectivity index (χ3n) is 2.80. The Labute approximate surface area is 113 Å². The smallest absolute Gasteiger partial charge is 0.255 e. The van der Waals surface area contributed by atoms with Gasteiger partial charge in [-0.25, -0.2) is 4.98 Å². The van der Waals surface area contributed by atoms with Crippen molar-refractivity contribution in [1.82, 2.24) is 4.98 Å². The van der Waals surface area contributed by atoms with Gasteiger partial charge in [-0.1, -0.05) is 12.1 Å². The number of hydrogen-bond donors (Lipinski definition) is 2. The van der Waals surface area contributed by atoms with Gasteiger partial charge in [-0.3, -0.25) is 4.79 Å². The Morgan fingerprint density at radius 3 is 2.89 bits per heavy atom. The number of amides is 1. The highest BCUT2D eigenvalue weighted by molar-refractivity contribution is 7.16. The van der Waals surface area contributed by atoms with Crippen LogP contribution in [0.5, 0.6) is 0 Å². The van der Waals surface area contributed by atoms with E-state index in [-0.39, 0.29) is 5.91 Å². The number of nitrogens with two attached hydrogens (primary N) is 1. The summed E-state index contributed by atoms with van der Waals surface area (Å²) in [6, 6.07) is 12.6. The Hall–Kier alpha value is -2.40. The lowest BCUT2D eigenvalue weighted by Gasteiger charge is -2.07. The van der Waals surface area contributed by atoms with Crippen molar-refractivity contribution in [2.45, 2.75) is 0 Å². The van der Waals surface area contributed by atoms with E-state index >= 15 is 0 Å². The molecule has 0 atom stereocenters. The summed E-state index contributed by atoms with van der Waals surface area (Å²) < 4.78 is 0.994. The summed E-state index contributed by atoms with van der Waals surface area (Å²) in [6.45, 7) is 0. The number of benzene rings is 2. The molecule has 0 saturated carbocycles. The van der Waals surface area contributed by atoms with Gasteiger partial charge in [0.15, 0.2) is 0 Å². The first-order chi connectivity index (χ1) is 9.24. The van der Waals surface area contributed by atoms with Crippen molar-refractivity contribution in [2.24, 2.45) is 0 Å². The van der Waals surface area contributed by atoms with Crippen LogP contribution in [0.2, 0.25) is 0 Å². The second-order valence-corrected chi connectivity index (χ2v) is 4.96. The maximum absolute atomic E-state index is 12.1. The normalized spacial score (nSPS) is 10.5. The van der Waals surface area contributed by atoms with E-state index in [1.165, 1.54) is 11.3 Å². The number of carbonyl (C=O) groups excluding carboxylic acids is 1. The Morgan fingerprint density at radius 1 is 1.21 bits per heavy atom. The molecule has 19 heavy (non-hydrogen) atoms. The number of para-hydroxylation sites is 2. The Bertz CT molecular complexity index is 751. The van der Waals surface area contributed by atoms with E-state index in [1.54, 1.807) is 23.7 Å². The minimum Gasteiger partial charge on any atom is -0.397 e. The molecule has 1 amide bonds. The van der Waals surface area contributed by atoms with Gasteiger partial charge in [0, 0.05) is 5.56 Å². The fraction of sp³-hybridized carbons (Fsp3) is 0. The SMILES string of the molecule is Nc1ccccc1NC(=O)c1ccc2ncsc2c1. The van der Waals surface area contributed by atoms with E-state index in [4.69, 9.17) is 5.73 Å². The maximum Gasteiger partial charge on any atom is 0.255 e. The summed E-state index contributed by atoms with van der Waals surface area (Å²) in [7, 11) is 0. The second kappa shape index (κ2) is 4.70. The molecule has 0 aliphatic heterocycles. The molecule has 0 aliphatic carbocycles. The Balaban J connectivity index is 1.89. The fourth-order valence-electron chi connectivity index (χ4n) is 1.80. The molecule has 0 saturated heterocycles. The average molecular weight is 269 g/mol. The molecule has 1 aromatic heterocycles. The highest BCUT2D eigenvalue weighted by Gasteiger charge is 2.09. The molecule has 0 bridgehead atoms. The van der Waals surface area contributed by atoms with Gasteiger partial charge in [0.1, 0.15) is 0 Å². The van der Waals surface area contributed by atoms with Gasteiger partial charge in [0.25, 0.3) is 5.91 Å². The van der Waals surface area contributed by atoms with Crippen molar-refractivity contribution in [3.63, 3.8) is 0 Å². The number of carbonyl (C=O) groups is 1. The number of rotatable bonds is 2. The molecular weight excluding hydrogens is 258 g/mol. The summed E-state index contributed by atoms with van der Waals surface area (Å²) in [4.78, 5) is 16.3. The first-order valence-electron chi connectivity index (χ1n) is 5.73. The van der Waals surface area contributed by atoms with Crippen LogP contribution in [0.1, 0.15) is 10.4 Å². The molecule has 0 radical (unpaired) electrons. The lowest BCUT2D eigenvalue weighted by molar-refractivity contribution is 0.102. The van der Waals surface area contributed by atoms with E-state index in [0.29, 0.717) is 16.9 Å². The molecule has 4 nitrogen and oxygen atoms in total. The lowest BCUT2D eigenvalue weighted by atomic mass is 10.2. The number of nitrogen functional groups attached to an aromatic ring is 1. The third-order valence-corrected chi connectivity index (χ3v) is 3.59. The van der Waals surface area contributed by atoms with Gasteiger partial charge in [-0.15, -0.1) is 11.3 Å². The van der Waals surface area contributed by atoms with Crippen molar-refractivity contribution in [2.75, 3.05) is 11.1 Å². The van der Waals surface area contributed by atoms with Crippen molar-refractivity contribution in [1.29, 1.82) is 0 Å². The number of thiazole rings is 1. The molecule has 2 aromatic carbocycles. The number of nitrogens with zero attached hydrogens (tertiary/aromatic N) is 1. The zero-order valence-electron chi connectivity index (χ0n) is 9.96. The minimum absolute atomic E-state index is 0.173. The maximum atomic E-state index is 12.1. The first-order valence-corrected chi connectivity index (χ1v) is 6.61. The summed E-state index contributed by atoms with van der Waals surface area (Å²) >= 11 is 1.51. The van der Waals surface area contributed by atoms with Crippen LogP contribution in [0, 0.1) is 0 Å². The fourth-order valence-corrected chi connectivity index (χ4v) is 2.52. The number of nitrogens with one attached hydrogen (secondary N) is 1.